The molecule has 0 saturated carbocycles. The van der Waals surface area contributed by atoms with Gasteiger partial charge < -0.3 is 4.52 Å². The molecule has 2 heterocycles. The SMILES string of the molecule is CCc1ccc(-c2nc(-c3cccnc3)no2)cc1. The molecule has 4 heteroatoms. The molecule has 3 aromatic rings. The highest BCUT2D eigenvalue weighted by Crippen LogP contribution is 2.21. The van der Waals surface area contributed by atoms with Crippen LogP contribution in [0.1, 0.15) is 12.5 Å². The second-order valence-corrected chi connectivity index (χ2v) is 4.22. The third kappa shape index (κ3) is 2.38. The van der Waals surface area contributed by atoms with Crippen LogP contribution in [0.2, 0.25) is 0 Å². The predicted molar refractivity (Wildman–Crippen MR) is 72.3 cm³/mol. The van der Waals surface area contributed by atoms with Crippen molar-refractivity contribution < 1.29 is 4.52 Å². The molecule has 2 aromatic heterocycles. The monoisotopic (exact) mass is 251 g/mol. The quantitative estimate of drug-likeness (QED) is 0.716. The molecule has 0 aliphatic heterocycles. The fraction of sp³-hybridized carbons (Fsp3) is 0.133. The summed E-state index contributed by atoms with van der Waals surface area (Å²) in [5, 5.41) is 3.98. The summed E-state index contributed by atoms with van der Waals surface area (Å²) in [6, 6.07) is 11.9. The Morgan fingerprint density at radius 2 is 1.89 bits per heavy atom. The van der Waals surface area contributed by atoms with Gasteiger partial charge in [-0.1, -0.05) is 24.2 Å². The molecular formula is C15H13N3O. The minimum absolute atomic E-state index is 0.529. The number of hydrogen-bond donors (Lipinski definition) is 0. The van der Waals surface area contributed by atoms with Crippen LogP contribution in [0.5, 0.6) is 0 Å². The maximum atomic E-state index is 5.29. The zero-order valence-corrected chi connectivity index (χ0v) is 10.6. The van der Waals surface area contributed by atoms with E-state index in [1.54, 1.807) is 12.4 Å². The average Bonchev–Trinajstić information content (AvgIpc) is 2.98. The largest absolute Gasteiger partial charge is 0.334 e. The second kappa shape index (κ2) is 5.02. The molecule has 19 heavy (non-hydrogen) atoms. The van der Waals surface area contributed by atoms with E-state index in [1.807, 2.05) is 24.3 Å². The topological polar surface area (TPSA) is 51.8 Å². The van der Waals surface area contributed by atoms with Crippen LogP contribution in [0, 0.1) is 0 Å². The molecule has 0 N–H and O–H groups in total. The Morgan fingerprint density at radius 1 is 1.05 bits per heavy atom. The van der Waals surface area contributed by atoms with Crippen molar-refractivity contribution in [2.45, 2.75) is 13.3 Å². The third-order valence-corrected chi connectivity index (χ3v) is 2.95. The fourth-order valence-electron chi connectivity index (χ4n) is 1.84. The Balaban J connectivity index is 1.92. The van der Waals surface area contributed by atoms with Crippen LogP contribution in [-0.2, 0) is 6.42 Å². The minimum Gasteiger partial charge on any atom is -0.334 e. The molecule has 0 unspecified atom stereocenters. The van der Waals surface area contributed by atoms with Crippen molar-refractivity contribution in [2.24, 2.45) is 0 Å². The maximum Gasteiger partial charge on any atom is 0.258 e. The molecule has 0 atom stereocenters. The van der Waals surface area contributed by atoms with Gasteiger partial charge in [0.2, 0.25) is 5.82 Å². The van der Waals surface area contributed by atoms with E-state index in [0.29, 0.717) is 11.7 Å². The lowest BCUT2D eigenvalue weighted by atomic mass is 10.1. The van der Waals surface area contributed by atoms with Crippen molar-refractivity contribution in [1.82, 2.24) is 15.1 Å². The molecule has 1 aromatic carbocycles. The molecule has 0 aliphatic rings. The van der Waals surface area contributed by atoms with Crippen LogP contribution in [0.25, 0.3) is 22.8 Å². The van der Waals surface area contributed by atoms with Gasteiger partial charge in [-0.25, -0.2) is 0 Å². The van der Waals surface area contributed by atoms with E-state index < -0.39 is 0 Å². The first-order valence-corrected chi connectivity index (χ1v) is 6.20. The summed E-state index contributed by atoms with van der Waals surface area (Å²) in [6.07, 6.45) is 4.45. The van der Waals surface area contributed by atoms with E-state index in [2.05, 4.69) is 34.2 Å². The summed E-state index contributed by atoms with van der Waals surface area (Å²) in [5.74, 6) is 1.09. The van der Waals surface area contributed by atoms with Crippen LogP contribution in [0.15, 0.2) is 53.3 Å². The molecule has 0 bridgehead atoms. The molecule has 3 rings (SSSR count). The van der Waals surface area contributed by atoms with Crippen LogP contribution < -0.4 is 0 Å². The molecule has 94 valence electrons. The first kappa shape index (κ1) is 11.6. The van der Waals surface area contributed by atoms with Gasteiger partial charge in [-0.15, -0.1) is 0 Å². The van der Waals surface area contributed by atoms with E-state index in [9.17, 15) is 0 Å². The standard InChI is InChI=1S/C15H13N3O/c1-2-11-5-7-12(8-6-11)15-17-14(18-19-15)13-4-3-9-16-10-13/h3-10H,2H2,1H3. The molecule has 0 amide bonds. The highest BCUT2D eigenvalue weighted by atomic mass is 16.5. The maximum absolute atomic E-state index is 5.29. The molecule has 0 spiro atoms. The number of pyridine rings is 1. The molecule has 0 radical (unpaired) electrons. The van der Waals surface area contributed by atoms with Gasteiger partial charge in [0.25, 0.3) is 5.89 Å². The molecule has 0 aliphatic carbocycles. The normalized spacial score (nSPS) is 10.6. The van der Waals surface area contributed by atoms with E-state index in [-0.39, 0.29) is 0 Å². The Morgan fingerprint density at radius 3 is 2.58 bits per heavy atom. The lowest BCUT2D eigenvalue weighted by Gasteiger charge is -1.97. The minimum atomic E-state index is 0.529. The average molecular weight is 251 g/mol. The lowest BCUT2D eigenvalue weighted by Crippen LogP contribution is -1.83. The molecular weight excluding hydrogens is 238 g/mol. The highest BCUT2D eigenvalue weighted by Gasteiger charge is 2.10. The van der Waals surface area contributed by atoms with Crippen LogP contribution >= 0.6 is 0 Å². The van der Waals surface area contributed by atoms with E-state index >= 15 is 0 Å². The molecule has 0 fully saturated rings. The summed E-state index contributed by atoms with van der Waals surface area (Å²) >= 11 is 0. The van der Waals surface area contributed by atoms with Gasteiger partial charge in [0.05, 0.1) is 0 Å². The smallest absolute Gasteiger partial charge is 0.258 e. The Hall–Kier alpha value is -2.49. The molecule has 4 nitrogen and oxygen atoms in total. The van der Waals surface area contributed by atoms with Gasteiger partial charge in [-0.3, -0.25) is 4.98 Å². The van der Waals surface area contributed by atoms with E-state index in [0.717, 1.165) is 17.5 Å². The van der Waals surface area contributed by atoms with Gasteiger partial charge in [0.15, 0.2) is 0 Å². The van der Waals surface area contributed by atoms with Crippen LogP contribution in [0.3, 0.4) is 0 Å². The summed E-state index contributed by atoms with van der Waals surface area (Å²) in [7, 11) is 0. The Labute approximate surface area is 111 Å². The van der Waals surface area contributed by atoms with E-state index in [4.69, 9.17) is 4.52 Å². The number of nitrogens with zero attached hydrogens (tertiary/aromatic N) is 3. The number of aromatic nitrogens is 3. The van der Waals surface area contributed by atoms with Crippen LogP contribution in [-0.4, -0.2) is 15.1 Å². The van der Waals surface area contributed by atoms with Gasteiger partial charge in [-0.05, 0) is 36.2 Å². The van der Waals surface area contributed by atoms with Crippen molar-refractivity contribution >= 4 is 0 Å². The van der Waals surface area contributed by atoms with Crippen molar-refractivity contribution in [3.63, 3.8) is 0 Å². The summed E-state index contributed by atoms with van der Waals surface area (Å²) in [6.45, 7) is 2.13. The van der Waals surface area contributed by atoms with Crippen LogP contribution in [0.4, 0.5) is 0 Å². The summed E-state index contributed by atoms with van der Waals surface area (Å²) in [5.41, 5.74) is 3.07. The summed E-state index contributed by atoms with van der Waals surface area (Å²) < 4.78 is 5.29. The number of aryl methyl sites for hydroxylation is 1. The van der Waals surface area contributed by atoms with E-state index in [1.165, 1.54) is 5.56 Å². The van der Waals surface area contributed by atoms with Gasteiger partial charge in [0.1, 0.15) is 0 Å². The van der Waals surface area contributed by atoms with Gasteiger partial charge >= 0.3 is 0 Å². The predicted octanol–water partition coefficient (Wildman–Crippen LogP) is 3.36. The van der Waals surface area contributed by atoms with Gasteiger partial charge in [-0.2, -0.15) is 4.98 Å². The summed E-state index contributed by atoms with van der Waals surface area (Å²) in [4.78, 5) is 8.43. The third-order valence-electron chi connectivity index (χ3n) is 2.95. The number of rotatable bonds is 3. The van der Waals surface area contributed by atoms with Gasteiger partial charge in [0, 0.05) is 23.5 Å². The Bertz CT molecular complexity index is 659. The highest BCUT2D eigenvalue weighted by molar-refractivity contribution is 5.59. The van der Waals surface area contributed by atoms with Crippen molar-refractivity contribution in [2.75, 3.05) is 0 Å². The zero-order valence-electron chi connectivity index (χ0n) is 10.6. The number of benzene rings is 1. The first-order valence-electron chi connectivity index (χ1n) is 6.20. The lowest BCUT2D eigenvalue weighted by molar-refractivity contribution is 0.432. The second-order valence-electron chi connectivity index (χ2n) is 4.22. The van der Waals surface area contributed by atoms with Crippen molar-refractivity contribution in [1.29, 1.82) is 0 Å². The zero-order chi connectivity index (χ0) is 13.1. The Kier molecular flexibility index (Phi) is 3.06. The fourth-order valence-corrected chi connectivity index (χ4v) is 1.84. The van der Waals surface area contributed by atoms with Crippen molar-refractivity contribution in [3.05, 3.63) is 54.4 Å². The number of hydrogen-bond acceptors (Lipinski definition) is 4. The molecule has 0 saturated heterocycles. The van der Waals surface area contributed by atoms with Crippen molar-refractivity contribution in [3.8, 4) is 22.8 Å². The first-order chi connectivity index (χ1) is 9.36.